The van der Waals surface area contributed by atoms with Gasteiger partial charge in [-0.1, -0.05) is 24.1 Å². The molecule has 1 saturated heterocycles. The second-order valence-corrected chi connectivity index (χ2v) is 8.30. The first-order valence-corrected chi connectivity index (χ1v) is 9.64. The molecule has 3 rings (SSSR count). The van der Waals surface area contributed by atoms with E-state index in [2.05, 4.69) is 4.98 Å². The van der Waals surface area contributed by atoms with Crippen LogP contribution in [0.5, 0.6) is 0 Å². The molecule has 1 aliphatic rings. The predicted octanol–water partition coefficient (Wildman–Crippen LogP) is 3.20. The van der Waals surface area contributed by atoms with Crippen molar-refractivity contribution in [2.45, 2.75) is 44.0 Å². The van der Waals surface area contributed by atoms with E-state index >= 15 is 0 Å². The van der Waals surface area contributed by atoms with Gasteiger partial charge in [-0.25, -0.2) is 13.4 Å². The first kappa shape index (κ1) is 16.9. The minimum atomic E-state index is -3.53. The number of aryl methyl sites for hydroxylation is 2. The van der Waals surface area contributed by atoms with Gasteiger partial charge in [0.25, 0.3) is 0 Å². The number of nitrogens with two attached hydrogens (primary N) is 1. The van der Waals surface area contributed by atoms with Crippen LogP contribution < -0.4 is 5.73 Å². The summed E-state index contributed by atoms with van der Waals surface area (Å²) in [5, 5.41) is 0. The van der Waals surface area contributed by atoms with Crippen molar-refractivity contribution < 1.29 is 8.42 Å². The number of aromatic nitrogens is 1. The Morgan fingerprint density at radius 3 is 2.54 bits per heavy atom. The summed E-state index contributed by atoms with van der Waals surface area (Å²) in [7, 11) is -3.53. The molecule has 0 radical (unpaired) electrons. The maximum atomic E-state index is 13.1. The summed E-state index contributed by atoms with van der Waals surface area (Å²) in [4.78, 5) is 4.52. The number of anilines is 1. The number of nitrogens with zero attached hydrogens (tertiary/aromatic N) is 2. The Labute approximate surface area is 143 Å². The van der Waals surface area contributed by atoms with Gasteiger partial charge in [-0.3, -0.25) is 0 Å². The van der Waals surface area contributed by atoms with Gasteiger partial charge in [0.05, 0.1) is 10.9 Å². The Morgan fingerprint density at radius 1 is 1.17 bits per heavy atom. The number of nitrogen functional groups attached to an aromatic ring is 1. The summed E-state index contributed by atoms with van der Waals surface area (Å²) in [6.45, 7) is 4.44. The summed E-state index contributed by atoms with van der Waals surface area (Å²) in [6.07, 6.45) is 4.41. The smallest absolute Gasteiger partial charge is 0.243 e. The maximum absolute atomic E-state index is 13.1. The average molecular weight is 345 g/mol. The molecule has 0 amide bonds. The van der Waals surface area contributed by atoms with E-state index in [-0.39, 0.29) is 6.04 Å². The van der Waals surface area contributed by atoms with Gasteiger partial charge >= 0.3 is 0 Å². The summed E-state index contributed by atoms with van der Waals surface area (Å²) in [5.74, 6) is 0.458. The van der Waals surface area contributed by atoms with Gasteiger partial charge in [0.1, 0.15) is 5.82 Å². The van der Waals surface area contributed by atoms with Crippen molar-refractivity contribution in [3.05, 3.63) is 53.2 Å². The van der Waals surface area contributed by atoms with Crippen LogP contribution >= 0.6 is 0 Å². The average Bonchev–Trinajstić information content (AvgIpc) is 2.55. The van der Waals surface area contributed by atoms with Crippen LogP contribution in [0.4, 0.5) is 5.82 Å². The highest BCUT2D eigenvalue weighted by atomic mass is 32.2. The zero-order valence-electron chi connectivity index (χ0n) is 14.1. The molecule has 0 spiro atoms. The first-order chi connectivity index (χ1) is 11.4. The fraction of sp³-hybridized carbons (Fsp3) is 0.389. The number of benzene rings is 1. The summed E-state index contributed by atoms with van der Waals surface area (Å²) < 4.78 is 27.9. The van der Waals surface area contributed by atoms with Crippen molar-refractivity contribution in [2.24, 2.45) is 0 Å². The lowest BCUT2D eigenvalue weighted by atomic mass is 9.96. The fourth-order valence-corrected chi connectivity index (χ4v) is 4.96. The third-order valence-corrected chi connectivity index (χ3v) is 6.54. The molecule has 5 nitrogen and oxygen atoms in total. The number of piperidine rings is 1. The largest absolute Gasteiger partial charge is 0.384 e. The third kappa shape index (κ3) is 3.16. The Balaban J connectivity index is 2.01. The maximum Gasteiger partial charge on any atom is 0.243 e. The van der Waals surface area contributed by atoms with E-state index in [0.717, 1.165) is 36.0 Å². The van der Waals surface area contributed by atoms with Crippen molar-refractivity contribution in [1.82, 2.24) is 9.29 Å². The van der Waals surface area contributed by atoms with Crippen LogP contribution in [0.25, 0.3) is 0 Å². The van der Waals surface area contributed by atoms with Crippen molar-refractivity contribution >= 4 is 15.8 Å². The number of pyridine rings is 1. The highest BCUT2D eigenvalue weighted by molar-refractivity contribution is 7.89. The van der Waals surface area contributed by atoms with E-state index in [4.69, 9.17) is 5.73 Å². The van der Waals surface area contributed by atoms with Crippen molar-refractivity contribution in [1.29, 1.82) is 0 Å². The predicted molar refractivity (Wildman–Crippen MR) is 95.0 cm³/mol. The minimum absolute atomic E-state index is 0.182. The summed E-state index contributed by atoms with van der Waals surface area (Å²) in [6, 6.07) is 8.66. The Kier molecular flexibility index (Phi) is 4.60. The molecule has 2 N–H and O–H groups in total. The van der Waals surface area contributed by atoms with E-state index in [1.54, 1.807) is 28.7 Å². The van der Waals surface area contributed by atoms with E-state index in [9.17, 15) is 8.42 Å². The molecule has 1 fully saturated rings. The molecule has 0 bridgehead atoms. The van der Waals surface area contributed by atoms with Gasteiger partial charge in [0.15, 0.2) is 0 Å². The van der Waals surface area contributed by atoms with Gasteiger partial charge in [0, 0.05) is 12.7 Å². The van der Waals surface area contributed by atoms with Gasteiger partial charge < -0.3 is 5.73 Å². The second-order valence-electron chi connectivity index (χ2n) is 6.41. The van der Waals surface area contributed by atoms with Crippen LogP contribution in [0.15, 0.2) is 41.4 Å². The van der Waals surface area contributed by atoms with E-state index in [0.29, 0.717) is 17.3 Å². The monoisotopic (exact) mass is 345 g/mol. The van der Waals surface area contributed by atoms with E-state index < -0.39 is 10.0 Å². The normalized spacial score (nSPS) is 19.3. The lowest BCUT2D eigenvalue weighted by Crippen LogP contribution is -2.38. The van der Waals surface area contributed by atoms with Crippen LogP contribution in [0.3, 0.4) is 0 Å². The number of rotatable bonds is 3. The standard InChI is InChI=1S/C18H23N3O2S/c1-13-6-8-15(9-7-13)24(22,23)21-10-4-3-5-17(21)16-12-20-18(19)11-14(16)2/h6-9,11-12,17H,3-5,10H2,1-2H3,(H2,19,20)/t17-/m0/s1. The molecular formula is C18H23N3O2S. The Morgan fingerprint density at radius 2 is 1.88 bits per heavy atom. The van der Waals surface area contributed by atoms with Crippen LogP contribution in [0, 0.1) is 13.8 Å². The number of hydrogen-bond acceptors (Lipinski definition) is 4. The molecule has 1 atom stereocenters. The van der Waals surface area contributed by atoms with Crippen LogP contribution in [0.1, 0.15) is 42.0 Å². The summed E-state index contributed by atoms with van der Waals surface area (Å²) >= 11 is 0. The molecule has 128 valence electrons. The second kappa shape index (κ2) is 6.53. The highest BCUT2D eigenvalue weighted by Gasteiger charge is 2.35. The first-order valence-electron chi connectivity index (χ1n) is 8.20. The zero-order chi connectivity index (χ0) is 17.3. The molecule has 1 aromatic heterocycles. The minimum Gasteiger partial charge on any atom is -0.384 e. The quantitative estimate of drug-likeness (QED) is 0.927. The van der Waals surface area contributed by atoms with Gasteiger partial charge in [-0.15, -0.1) is 0 Å². The Bertz CT molecular complexity index is 832. The van der Waals surface area contributed by atoms with Crippen LogP contribution in [-0.4, -0.2) is 24.3 Å². The Hall–Kier alpha value is -1.92. The van der Waals surface area contributed by atoms with E-state index in [1.165, 1.54) is 0 Å². The van der Waals surface area contributed by atoms with Crippen LogP contribution in [0.2, 0.25) is 0 Å². The molecule has 0 saturated carbocycles. The SMILES string of the molecule is Cc1ccc(S(=O)(=O)N2CCCC[C@H]2c2cnc(N)cc2C)cc1. The molecular weight excluding hydrogens is 322 g/mol. The van der Waals surface area contributed by atoms with Gasteiger partial charge in [0.2, 0.25) is 10.0 Å². The van der Waals surface area contributed by atoms with E-state index in [1.807, 2.05) is 26.0 Å². The van der Waals surface area contributed by atoms with Gasteiger partial charge in [-0.05, 0) is 56.0 Å². The molecule has 6 heteroatoms. The third-order valence-electron chi connectivity index (χ3n) is 4.61. The van der Waals surface area contributed by atoms with Crippen molar-refractivity contribution in [2.75, 3.05) is 12.3 Å². The topological polar surface area (TPSA) is 76.3 Å². The molecule has 1 aliphatic heterocycles. The molecule has 0 unspecified atom stereocenters. The number of sulfonamides is 1. The molecule has 1 aromatic carbocycles. The lowest BCUT2D eigenvalue weighted by molar-refractivity contribution is 0.255. The zero-order valence-corrected chi connectivity index (χ0v) is 14.9. The lowest BCUT2D eigenvalue weighted by Gasteiger charge is -2.35. The van der Waals surface area contributed by atoms with Crippen molar-refractivity contribution in [3.63, 3.8) is 0 Å². The highest BCUT2D eigenvalue weighted by Crippen LogP contribution is 2.36. The number of hydrogen-bond donors (Lipinski definition) is 1. The molecule has 24 heavy (non-hydrogen) atoms. The molecule has 2 aromatic rings. The fourth-order valence-electron chi connectivity index (χ4n) is 3.29. The van der Waals surface area contributed by atoms with Crippen LogP contribution in [-0.2, 0) is 10.0 Å². The summed E-state index contributed by atoms with van der Waals surface area (Å²) in [5.41, 5.74) is 8.71. The molecule has 2 heterocycles. The molecule has 0 aliphatic carbocycles. The van der Waals surface area contributed by atoms with Gasteiger partial charge in [-0.2, -0.15) is 4.31 Å². The van der Waals surface area contributed by atoms with Crippen molar-refractivity contribution in [3.8, 4) is 0 Å².